The molecule has 12 aliphatic carbocycles. The lowest BCUT2D eigenvalue weighted by Gasteiger charge is -2.61. The molecule has 4 atom stereocenters. The maximum atomic E-state index is 11.7. The Labute approximate surface area is 401 Å². The Kier molecular flexibility index (Phi) is 16.7. The zero-order chi connectivity index (χ0) is 48.5. The summed E-state index contributed by atoms with van der Waals surface area (Å²) in [5.74, 6) is 6.92. The number of hydrogen-bond donors (Lipinski definition) is 4. The normalized spacial score (nSPS) is 44.0. The van der Waals surface area contributed by atoms with Crippen LogP contribution in [0.15, 0.2) is 24.3 Å². The first-order chi connectivity index (χ1) is 31.7. The van der Waals surface area contributed by atoms with E-state index in [2.05, 4.69) is 31.7 Å². The van der Waals surface area contributed by atoms with Crippen molar-refractivity contribution in [3.63, 3.8) is 0 Å². The number of Topliss-reactive ketones (excluding diaryl/α,β-unsaturated/α-hetero) is 1. The Hall–Kier alpha value is -2.23. The van der Waals surface area contributed by atoms with Gasteiger partial charge in [0.15, 0.2) is 11.6 Å². The number of ether oxygens (including phenoxy) is 6. The summed E-state index contributed by atoms with van der Waals surface area (Å²) in [4.78, 5) is 33.5. The van der Waals surface area contributed by atoms with Crippen LogP contribution in [0.5, 0.6) is 0 Å². The van der Waals surface area contributed by atoms with Gasteiger partial charge in [0.2, 0.25) is 0 Å². The lowest BCUT2D eigenvalue weighted by Crippen LogP contribution is -2.57. The minimum Gasteiger partial charge on any atom is -0.466 e. The van der Waals surface area contributed by atoms with Crippen molar-refractivity contribution in [2.24, 2.45) is 69.5 Å². The Morgan fingerprint density at radius 3 is 1.16 bits per heavy atom. The molecule has 4 N–H and O–H groups in total. The molecule has 14 fully saturated rings. The molecule has 0 aromatic carbocycles. The van der Waals surface area contributed by atoms with Gasteiger partial charge in [0, 0.05) is 27.4 Å². The van der Waals surface area contributed by atoms with Crippen LogP contribution >= 0.6 is 0 Å². The number of carbonyl (C=O) groups is 3. The molecule has 12 bridgehead atoms. The summed E-state index contributed by atoms with van der Waals surface area (Å²) in [5, 5.41) is 33.3. The molecule has 0 aromatic heterocycles. The molecule has 12 saturated carbocycles. The van der Waals surface area contributed by atoms with Crippen molar-refractivity contribution in [2.45, 2.75) is 180 Å². The monoisotopic (exact) mass is 944 g/mol. The van der Waals surface area contributed by atoms with E-state index in [1.807, 2.05) is 6.92 Å². The predicted molar refractivity (Wildman–Crippen MR) is 252 cm³/mol. The van der Waals surface area contributed by atoms with Crippen molar-refractivity contribution >= 4 is 17.7 Å². The molecule has 2 heterocycles. The molecule has 14 aliphatic rings. The minimum atomic E-state index is -0.954. The minimum absolute atomic E-state index is 0. The number of aliphatic hydroxyl groups is 4. The van der Waals surface area contributed by atoms with Gasteiger partial charge in [-0.05, 0) is 203 Å². The molecule has 67 heavy (non-hydrogen) atoms. The molecule has 0 spiro atoms. The molecule has 0 aromatic rings. The fourth-order valence-electron chi connectivity index (χ4n) is 16.4. The Morgan fingerprint density at radius 1 is 0.582 bits per heavy atom. The maximum absolute atomic E-state index is 11.7. The Bertz CT molecular complexity index is 1670. The van der Waals surface area contributed by atoms with Crippen LogP contribution in [0.3, 0.4) is 0 Å². The van der Waals surface area contributed by atoms with Gasteiger partial charge in [-0.3, -0.25) is 4.79 Å². The van der Waals surface area contributed by atoms with E-state index >= 15 is 0 Å². The molecular formula is C54H87O13+. The van der Waals surface area contributed by atoms with Crippen LogP contribution in [-0.4, -0.2) is 115 Å². The van der Waals surface area contributed by atoms with Gasteiger partial charge < -0.3 is 48.8 Å². The molecule has 2 aliphatic heterocycles. The van der Waals surface area contributed by atoms with Gasteiger partial charge in [-0.15, -0.1) is 0 Å². The van der Waals surface area contributed by atoms with Gasteiger partial charge in [0.25, 0.3) is 0 Å². The zero-order valence-corrected chi connectivity index (χ0v) is 41.8. The third-order valence-corrected chi connectivity index (χ3v) is 18.6. The van der Waals surface area contributed by atoms with E-state index < -0.39 is 17.7 Å². The van der Waals surface area contributed by atoms with Crippen LogP contribution in [0.25, 0.3) is 0 Å². The summed E-state index contributed by atoms with van der Waals surface area (Å²) in [6, 6.07) is 0. The second-order valence-corrected chi connectivity index (χ2v) is 24.0. The molecule has 13 nitrogen and oxygen atoms in total. The average Bonchev–Trinajstić information content (AvgIpc) is 3.88. The van der Waals surface area contributed by atoms with E-state index in [-0.39, 0.29) is 68.2 Å². The lowest BCUT2D eigenvalue weighted by molar-refractivity contribution is -0.278. The largest absolute Gasteiger partial charge is 1.00 e. The second kappa shape index (κ2) is 21.2. The van der Waals surface area contributed by atoms with Crippen molar-refractivity contribution in [2.75, 3.05) is 46.8 Å². The van der Waals surface area contributed by atoms with Crippen LogP contribution in [0.2, 0.25) is 0 Å². The lowest BCUT2D eigenvalue weighted by atomic mass is 9.47. The van der Waals surface area contributed by atoms with Gasteiger partial charge in [-0.25, -0.2) is 9.59 Å². The third kappa shape index (κ3) is 11.5. The van der Waals surface area contributed by atoms with Crippen LogP contribution in [0, 0.1) is 69.5 Å². The zero-order valence-electron chi connectivity index (χ0n) is 42.8. The summed E-state index contributed by atoms with van der Waals surface area (Å²) in [5.41, 5.74) is 1.44. The van der Waals surface area contributed by atoms with Crippen molar-refractivity contribution < 1.29 is 64.7 Å². The van der Waals surface area contributed by atoms with E-state index in [1.54, 1.807) is 13.8 Å². The number of hydrogen-bond acceptors (Lipinski definition) is 13. The maximum Gasteiger partial charge on any atom is 1.00 e. The van der Waals surface area contributed by atoms with Crippen molar-refractivity contribution in [3.05, 3.63) is 24.3 Å². The molecule has 14 rings (SSSR count). The third-order valence-electron chi connectivity index (χ3n) is 18.6. The van der Waals surface area contributed by atoms with Crippen molar-refractivity contribution in [1.82, 2.24) is 0 Å². The smallest absolute Gasteiger partial charge is 0.466 e. The molecule has 13 heteroatoms. The molecular weight excluding hydrogens is 857 g/mol. The highest BCUT2D eigenvalue weighted by molar-refractivity contribution is 5.87. The van der Waals surface area contributed by atoms with Gasteiger partial charge in [0.1, 0.15) is 30.7 Å². The highest BCUT2D eigenvalue weighted by Gasteiger charge is 2.64. The molecule has 0 amide bonds. The van der Waals surface area contributed by atoms with Crippen LogP contribution in [-0.2, 0) is 42.8 Å². The van der Waals surface area contributed by atoms with E-state index in [9.17, 15) is 19.5 Å². The summed E-state index contributed by atoms with van der Waals surface area (Å²) < 4.78 is 34.2. The summed E-state index contributed by atoms with van der Waals surface area (Å²) >= 11 is 0. The highest BCUT2D eigenvalue weighted by atomic mass is 16.8. The van der Waals surface area contributed by atoms with Crippen LogP contribution in [0.1, 0.15) is 152 Å². The van der Waals surface area contributed by atoms with Gasteiger partial charge in [0.05, 0.1) is 40.1 Å². The molecule has 380 valence electrons. The van der Waals surface area contributed by atoms with Crippen LogP contribution in [0.4, 0.5) is 0 Å². The standard InChI is InChI=1S/C19H28O4.C15H24O3.C12H18O.C5H8O2.C3H8O3/c1-12(2)17(20)21-10-16-11-22-18(3,23-16)19-7-13-4-14(8-19)6-15(5-13)9-19;1-14(17-9-13(8-16)18-14)15-5-10-2-11(6-15)4-12(3-10)7-15;1-8(13)12-5-9-2-10(6-12)4-11(3-9)7-12;1-4(2)5(6)7-3;4-1-3(6)2-5/h13-16H,1,4-11H2,2-3H3;10-13,16H,2-9H2,1H3;9-11H,2-7H2,1H3;1H2,2-3H3;3-6H,1-2H2/p+1. The Balaban J connectivity index is 0.000000151. The number of carbonyl (C=O) groups excluding carboxylic acids is 3. The first-order valence-corrected chi connectivity index (χ1v) is 25.9. The summed E-state index contributed by atoms with van der Waals surface area (Å²) in [6.45, 7) is 17.0. The highest BCUT2D eigenvalue weighted by Crippen LogP contribution is 2.67. The van der Waals surface area contributed by atoms with E-state index in [0.29, 0.717) is 30.1 Å². The topological polar surface area (TPSA) is 188 Å². The molecule has 0 radical (unpaired) electrons. The van der Waals surface area contributed by atoms with E-state index in [1.165, 1.54) is 123 Å². The number of rotatable bonds is 10. The first-order valence-electron chi connectivity index (χ1n) is 25.9. The average molecular weight is 944 g/mol. The Morgan fingerprint density at radius 2 is 0.910 bits per heavy atom. The van der Waals surface area contributed by atoms with Gasteiger partial charge in [-0.2, -0.15) is 0 Å². The first kappa shape index (κ1) is 52.6. The number of aliphatic hydroxyl groups excluding tert-OH is 4. The van der Waals surface area contributed by atoms with Crippen molar-refractivity contribution in [3.8, 4) is 0 Å². The molecule has 2 saturated heterocycles. The van der Waals surface area contributed by atoms with Gasteiger partial charge in [-0.1, -0.05) is 13.2 Å². The SMILES string of the molecule is C=C(C)C(=O)OC.C=C(C)C(=O)OCC1COC(C)(C23CC4CC(CC(C4)C2)C3)O1.CC(=O)C12CC3CC(CC(C3)C1)C2.CC1(C23CC4CC(CC(C4)C2)C3)OCC(CO)O1.OCC(O)CO.[H+]. The number of ketones is 1. The fourth-order valence-corrected chi connectivity index (χ4v) is 16.4. The van der Waals surface area contributed by atoms with Crippen LogP contribution < -0.4 is 0 Å². The quantitative estimate of drug-likeness (QED) is 0.123. The number of methoxy groups -OCH3 is 1. The summed E-state index contributed by atoms with van der Waals surface area (Å²) in [7, 11) is 1.33. The van der Waals surface area contributed by atoms with Crippen molar-refractivity contribution in [1.29, 1.82) is 0 Å². The van der Waals surface area contributed by atoms with E-state index in [4.69, 9.17) is 39.0 Å². The van der Waals surface area contributed by atoms with Gasteiger partial charge >= 0.3 is 13.4 Å². The van der Waals surface area contributed by atoms with E-state index in [0.717, 1.165) is 53.3 Å². The predicted octanol–water partition coefficient (Wildman–Crippen LogP) is 7.75. The second-order valence-electron chi connectivity index (χ2n) is 24.0. The fraction of sp³-hybridized carbons (Fsp3) is 0.870. The molecule has 4 unspecified atom stereocenters. The number of esters is 2. The summed E-state index contributed by atoms with van der Waals surface area (Å²) in [6.07, 6.45) is 22.9.